The van der Waals surface area contributed by atoms with Crippen LogP contribution in [0, 0.1) is 0 Å². The van der Waals surface area contributed by atoms with E-state index in [1.165, 1.54) is 12.6 Å². The van der Waals surface area contributed by atoms with Gasteiger partial charge in [0, 0.05) is 56.6 Å². The predicted molar refractivity (Wildman–Crippen MR) is 140 cm³/mol. The third-order valence-electron chi connectivity index (χ3n) is 6.28. The highest BCUT2D eigenvalue weighted by Crippen LogP contribution is 2.29. The van der Waals surface area contributed by atoms with Gasteiger partial charge >= 0.3 is 0 Å². The average Bonchev–Trinajstić information content (AvgIpc) is 3.26. The quantitative estimate of drug-likeness (QED) is 0.425. The van der Waals surface area contributed by atoms with E-state index in [1.54, 1.807) is 12.4 Å². The van der Waals surface area contributed by atoms with Crippen LogP contribution in [0.1, 0.15) is 20.8 Å². The summed E-state index contributed by atoms with van der Waals surface area (Å²) in [5.74, 6) is 1.41. The first-order valence-corrected chi connectivity index (χ1v) is 12.0. The van der Waals surface area contributed by atoms with Gasteiger partial charge in [-0.25, -0.2) is 15.0 Å². The summed E-state index contributed by atoms with van der Waals surface area (Å²) in [6, 6.07) is 12.3. The number of piperazine rings is 1. The van der Waals surface area contributed by atoms with Gasteiger partial charge in [-0.3, -0.25) is 9.69 Å². The van der Waals surface area contributed by atoms with Crippen LogP contribution in [-0.2, 0) is 4.79 Å². The van der Waals surface area contributed by atoms with E-state index in [4.69, 9.17) is 10.5 Å². The molecule has 186 valence electrons. The fourth-order valence-electron chi connectivity index (χ4n) is 4.31. The van der Waals surface area contributed by atoms with Crippen LogP contribution < -0.4 is 20.7 Å². The number of fused-ring (bicyclic) bond motifs is 1. The van der Waals surface area contributed by atoms with Gasteiger partial charge in [0.25, 0.3) is 5.88 Å². The standard InChI is InChI=1S/C26H30N8O2/c1-17(2)32-10-12-33(13-11-32)20-5-7-21(8-6-20)36-26-25(27)28-14-22(30-26)19-4-9-24-31-23(29-18(3)35)16-34(24)15-19/h4-9,14-17H,10-13H2,1-3H3,(H2,27,28)(H,29,35). The van der Waals surface area contributed by atoms with E-state index < -0.39 is 0 Å². The maximum Gasteiger partial charge on any atom is 0.263 e. The van der Waals surface area contributed by atoms with E-state index in [0.29, 0.717) is 29.0 Å². The number of hydrogen-bond donors (Lipinski definition) is 2. The molecule has 10 nitrogen and oxygen atoms in total. The lowest BCUT2D eigenvalue weighted by Gasteiger charge is -2.38. The molecular formula is C26H30N8O2. The van der Waals surface area contributed by atoms with E-state index in [1.807, 2.05) is 34.9 Å². The molecule has 1 aliphatic heterocycles. The lowest BCUT2D eigenvalue weighted by Crippen LogP contribution is -2.48. The number of anilines is 3. The zero-order valence-corrected chi connectivity index (χ0v) is 20.7. The highest BCUT2D eigenvalue weighted by atomic mass is 16.5. The minimum atomic E-state index is -0.174. The summed E-state index contributed by atoms with van der Waals surface area (Å²) < 4.78 is 7.82. The molecule has 5 rings (SSSR count). The van der Waals surface area contributed by atoms with Gasteiger partial charge in [-0.05, 0) is 50.2 Å². The molecule has 0 aliphatic carbocycles. The minimum Gasteiger partial charge on any atom is -0.436 e. The first-order valence-electron chi connectivity index (χ1n) is 12.0. The molecule has 0 bridgehead atoms. The molecule has 1 aliphatic rings. The molecule has 3 aromatic heterocycles. The van der Waals surface area contributed by atoms with Gasteiger partial charge in [0.15, 0.2) is 11.6 Å². The van der Waals surface area contributed by atoms with Crippen LogP contribution in [0.4, 0.5) is 17.3 Å². The van der Waals surface area contributed by atoms with Gasteiger partial charge in [0.2, 0.25) is 5.91 Å². The molecule has 4 heterocycles. The molecule has 0 atom stereocenters. The van der Waals surface area contributed by atoms with Crippen LogP contribution >= 0.6 is 0 Å². The average molecular weight is 487 g/mol. The molecule has 0 unspecified atom stereocenters. The van der Waals surface area contributed by atoms with Crippen molar-refractivity contribution in [2.24, 2.45) is 0 Å². The number of nitrogens with zero attached hydrogens (tertiary/aromatic N) is 6. The van der Waals surface area contributed by atoms with Gasteiger partial charge in [-0.15, -0.1) is 0 Å². The van der Waals surface area contributed by atoms with Crippen LogP contribution in [-0.4, -0.2) is 62.4 Å². The predicted octanol–water partition coefficient (Wildman–Crippen LogP) is 3.65. The number of nitrogens with one attached hydrogen (secondary N) is 1. The Balaban J connectivity index is 1.31. The number of rotatable bonds is 6. The Morgan fingerprint density at radius 1 is 1.03 bits per heavy atom. The van der Waals surface area contributed by atoms with Gasteiger partial charge in [-0.2, -0.15) is 0 Å². The van der Waals surface area contributed by atoms with Crippen LogP contribution in [0.5, 0.6) is 11.6 Å². The summed E-state index contributed by atoms with van der Waals surface area (Å²) in [5, 5.41) is 2.69. The number of pyridine rings is 1. The van der Waals surface area contributed by atoms with E-state index in [9.17, 15) is 4.79 Å². The van der Waals surface area contributed by atoms with Gasteiger partial charge in [0.05, 0.1) is 18.1 Å². The molecule has 1 amide bonds. The Bertz CT molecular complexity index is 1370. The van der Waals surface area contributed by atoms with Crippen molar-refractivity contribution in [2.75, 3.05) is 42.1 Å². The monoisotopic (exact) mass is 486 g/mol. The summed E-state index contributed by atoms with van der Waals surface area (Å²) in [6.45, 7) is 10.1. The van der Waals surface area contributed by atoms with Crippen molar-refractivity contribution < 1.29 is 9.53 Å². The van der Waals surface area contributed by atoms with E-state index in [2.05, 4.69) is 56.0 Å². The van der Waals surface area contributed by atoms with Crippen molar-refractivity contribution in [3.63, 3.8) is 0 Å². The molecule has 0 radical (unpaired) electrons. The first-order chi connectivity index (χ1) is 17.4. The Morgan fingerprint density at radius 2 is 1.78 bits per heavy atom. The van der Waals surface area contributed by atoms with Crippen molar-refractivity contribution in [1.82, 2.24) is 24.3 Å². The van der Waals surface area contributed by atoms with Crippen molar-refractivity contribution in [1.29, 1.82) is 0 Å². The third kappa shape index (κ3) is 5.08. The highest BCUT2D eigenvalue weighted by Gasteiger charge is 2.19. The summed E-state index contributed by atoms with van der Waals surface area (Å²) in [4.78, 5) is 29.5. The SMILES string of the molecule is CC(=O)Nc1cn2cc(-c3cnc(N)c(Oc4ccc(N5CCN(C(C)C)CC5)cc4)n3)ccc2n1. The fourth-order valence-corrected chi connectivity index (χ4v) is 4.31. The molecule has 0 saturated carbocycles. The summed E-state index contributed by atoms with van der Waals surface area (Å²) >= 11 is 0. The largest absolute Gasteiger partial charge is 0.436 e. The molecule has 1 saturated heterocycles. The minimum absolute atomic E-state index is 0.174. The normalized spacial score (nSPS) is 14.4. The number of aromatic nitrogens is 4. The summed E-state index contributed by atoms with van der Waals surface area (Å²) in [5.41, 5.74) is 9.36. The number of imidazole rings is 1. The Kier molecular flexibility index (Phi) is 6.43. The second kappa shape index (κ2) is 9.82. The van der Waals surface area contributed by atoms with Crippen LogP contribution in [0.25, 0.3) is 16.9 Å². The molecule has 3 N–H and O–H groups in total. The van der Waals surface area contributed by atoms with Gasteiger partial charge in [0.1, 0.15) is 11.4 Å². The second-order valence-corrected chi connectivity index (χ2v) is 9.15. The zero-order valence-electron chi connectivity index (χ0n) is 20.7. The van der Waals surface area contributed by atoms with E-state index >= 15 is 0 Å². The van der Waals surface area contributed by atoms with Gasteiger partial charge < -0.3 is 25.1 Å². The second-order valence-electron chi connectivity index (χ2n) is 9.15. The molecule has 36 heavy (non-hydrogen) atoms. The van der Waals surface area contributed by atoms with Crippen molar-refractivity contribution >= 4 is 28.9 Å². The summed E-state index contributed by atoms with van der Waals surface area (Å²) in [7, 11) is 0. The van der Waals surface area contributed by atoms with Crippen LogP contribution in [0.15, 0.2) is 55.0 Å². The number of benzene rings is 1. The molecule has 0 spiro atoms. The number of carbonyl (C=O) groups excluding carboxylic acids is 1. The molecule has 1 fully saturated rings. The number of nitrogen functional groups attached to an aromatic ring is 1. The topological polar surface area (TPSA) is 114 Å². The van der Waals surface area contributed by atoms with Crippen molar-refractivity contribution in [3.05, 3.63) is 55.0 Å². The van der Waals surface area contributed by atoms with E-state index in [0.717, 1.165) is 31.7 Å². The molecular weight excluding hydrogens is 456 g/mol. The number of nitrogens with two attached hydrogens (primary N) is 1. The maximum absolute atomic E-state index is 11.3. The Morgan fingerprint density at radius 3 is 2.47 bits per heavy atom. The van der Waals surface area contributed by atoms with Crippen molar-refractivity contribution in [3.8, 4) is 22.9 Å². The summed E-state index contributed by atoms with van der Waals surface area (Å²) in [6.07, 6.45) is 5.22. The lowest BCUT2D eigenvalue weighted by molar-refractivity contribution is -0.114. The van der Waals surface area contributed by atoms with Crippen molar-refractivity contribution in [2.45, 2.75) is 26.8 Å². The number of hydrogen-bond acceptors (Lipinski definition) is 8. The maximum atomic E-state index is 11.3. The number of ether oxygens (including phenoxy) is 1. The first kappa shape index (κ1) is 23.6. The zero-order chi connectivity index (χ0) is 25.2. The Labute approximate surface area is 209 Å². The van der Waals surface area contributed by atoms with Crippen LogP contribution in [0.2, 0.25) is 0 Å². The van der Waals surface area contributed by atoms with Crippen LogP contribution in [0.3, 0.4) is 0 Å². The molecule has 10 heteroatoms. The lowest BCUT2D eigenvalue weighted by atomic mass is 10.2. The fraction of sp³-hybridized carbons (Fsp3) is 0.308. The smallest absolute Gasteiger partial charge is 0.263 e. The van der Waals surface area contributed by atoms with E-state index in [-0.39, 0.29) is 17.6 Å². The molecule has 1 aromatic carbocycles. The highest BCUT2D eigenvalue weighted by molar-refractivity contribution is 5.87. The molecule has 4 aromatic rings. The Hall–Kier alpha value is -4.18. The number of amides is 1. The number of carbonyl (C=O) groups is 1. The van der Waals surface area contributed by atoms with Gasteiger partial charge in [-0.1, -0.05) is 0 Å². The third-order valence-corrected chi connectivity index (χ3v) is 6.28.